The zero-order valence-electron chi connectivity index (χ0n) is 11.9. The maximum absolute atomic E-state index is 12.4. The number of sulfonamides is 1. The molecular formula is C16H14N2O3S. The van der Waals surface area contributed by atoms with Crippen LogP contribution in [-0.4, -0.2) is 20.5 Å². The Kier molecular flexibility index (Phi) is 3.68. The number of hydrogen-bond donors (Lipinski definition) is 1. The number of ether oxygens (including phenoxy) is 1. The zero-order chi connectivity index (χ0) is 15.6. The van der Waals surface area contributed by atoms with Crippen LogP contribution in [0.5, 0.6) is 5.75 Å². The van der Waals surface area contributed by atoms with Crippen molar-refractivity contribution in [1.82, 2.24) is 4.98 Å². The molecule has 2 aromatic carbocycles. The third kappa shape index (κ3) is 2.60. The first kappa shape index (κ1) is 14.3. The third-order valence-electron chi connectivity index (χ3n) is 3.25. The van der Waals surface area contributed by atoms with Crippen LogP contribution in [0.15, 0.2) is 65.7 Å². The Labute approximate surface area is 128 Å². The monoisotopic (exact) mass is 314 g/mol. The van der Waals surface area contributed by atoms with Gasteiger partial charge in [-0.2, -0.15) is 0 Å². The lowest BCUT2D eigenvalue weighted by molar-refractivity contribution is 0.419. The summed E-state index contributed by atoms with van der Waals surface area (Å²) in [5.74, 6) is 0.596. The summed E-state index contributed by atoms with van der Waals surface area (Å²) in [5, 5.41) is 0.682. The number of benzene rings is 2. The minimum Gasteiger partial charge on any atom is -0.494 e. The third-order valence-corrected chi connectivity index (χ3v) is 4.63. The second-order valence-electron chi connectivity index (χ2n) is 4.63. The van der Waals surface area contributed by atoms with Crippen LogP contribution < -0.4 is 9.46 Å². The van der Waals surface area contributed by atoms with Crippen molar-refractivity contribution in [2.24, 2.45) is 0 Å². The molecule has 0 aliphatic rings. The Morgan fingerprint density at radius 3 is 2.50 bits per heavy atom. The highest BCUT2D eigenvalue weighted by Crippen LogP contribution is 2.31. The summed E-state index contributed by atoms with van der Waals surface area (Å²) in [5.41, 5.74) is 1.08. The van der Waals surface area contributed by atoms with E-state index in [-0.39, 0.29) is 4.90 Å². The van der Waals surface area contributed by atoms with Gasteiger partial charge in [-0.05, 0) is 36.4 Å². The number of nitrogens with zero attached hydrogens (tertiary/aromatic N) is 1. The summed E-state index contributed by atoms with van der Waals surface area (Å²) in [6, 6.07) is 15.1. The van der Waals surface area contributed by atoms with Gasteiger partial charge in [0.15, 0.2) is 0 Å². The minimum atomic E-state index is -3.64. The number of rotatable bonds is 4. The molecule has 1 heterocycles. The fourth-order valence-corrected chi connectivity index (χ4v) is 3.30. The summed E-state index contributed by atoms with van der Waals surface area (Å²) >= 11 is 0. The Morgan fingerprint density at radius 2 is 1.77 bits per heavy atom. The molecule has 0 fully saturated rings. The van der Waals surface area contributed by atoms with E-state index in [0.717, 1.165) is 0 Å². The lowest BCUT2D eigenvalue weighted by Crippen LogP contribution is -2.13. The number of methoxy groups -OCH3 is 1. The van der Waals surface area contributed by atoms with E-state index < -0.39 is 10.0 Å². The molecular weight excluding hydrogens is 300 g/mol. The smallest absolute Gasteiger partial charge is 0.261 e. The van der Waals surface area contributed by atoms with Crippen LogP contribution in [0, 0.1) is 0 Å². The first-order valence-corrected chi connectivity index (χ1v) is 8.10. The van der Waals surface area contributed by atoms with Gasteiger partial charge < -0.3 is 4.74 Å². The fourth-order valence-electron chi connectivity index (χ4n) is 2.20. The molecule has 112 valence electrons. The molecule has 1 N–H and O–H groups in total. The van der Waals surface area contributed by atoms with Gasteiger partial charge in [0.05, 0.1) is 17.7 Å². The Balaban J connectivity index is 2.09. The average molecular weight is 314 g/mol. The lowest BCUT2D eigenvalue weighted by Gasteiger charge is -2.12. The number of aromatic nitrogens is 1. The van der Waals surface area contributed by atoms with Gasteiger partial charge in [0.1, 0.15) is 11.3 Å². The van der Waals surface area contributed by atoms with Gasteiger partial charge in [-0.15, -0.1) is 0 Å². The minimum absolute atomic E-state index is 0.211. The quantitative estimate of drug-likeness (QED) is 0.803. The number of fused-ring (bicyclic) bond motifs is 1. The molecule has 22 heavy (non-hydrogen) atoms. The van der Waals surface area contributed by atoms with Crippen molar-refractivity contribution in [3.05, 3.63) is 60.8 Å². The van der Waals surface area contributed by atoms with Crippen molar-refractivity contribution in [2.75, 3.05) is 11.8 Å². The van der Waals surface area contributed by atoms with E-state index in [1.165, 1.54) is 0 Å². The van der Waals surface area contributed by atoms with E-state index in [1.54, 1.807) is 67.9 Å². The van der Waals surface area contributed by atoms with Crippen molar-refractivity contribution >= 4 is 26.6 Å². The Hall–Kier alpha value is -2.60. The normalized spacial score (nSPS) is 11.3. The van der Waals surface area contributed by atoms with E-state index in [4.69, 9.17) is 4.74 Å². The number of pyridine rings is 1. The van der Waals surface area contributed by atoms with E-state index in [0.29, 0.717) is 22.3 Å². The Morgan fingerprint density at radius 1 is 1.00 bits per heavy atom. The van der Waals surface area contributed by atoms with Crippen molar-refractivity contribution in [2.45, 2.75) is 4.90 Å². The molecule has 3 aromatic rings. The van der Waals surface area contributed by atoms with Crippen molar-refractivity contribution in [3.8, 4) is 5.75 Å². The first-order chi connectivity index (χ1) is 10.6. The predicted molar refractivity (Wildman–Crippen MR) is 85.5 cm³/mol. The van der Waals surface area contributed by atoms with Crippen LogP contribution >= 0.6 is 0 Å². The van der Waals surface area contributed by atoms with Crippen LogP contribution in [0.2, 0.25) is 0 Å². The molecule has 5 nitrogen and oxygen atoms in total. The van der Waals surface area contributed by atoms with Crippen LogP contribution in [0.4, 0.5) is 5.69 Å². The van der Waals surface area contributed by atoms with Crippen molar-refractivity contribution in [1.29, 1.82) is 0 Å². The lowest BCUT2D eigenvalue weighted by atomic mass is 10.2. The van der Waals surface area contributed by atoms with E-state index in [2.05, 4.69) is 9.71 Å². The highest BCUT2D eigenvalue weighted by molar-refractivity contribution is 7.92. The molecule has 0 amide bonds. The van der Waals surface area contributed by atoms with Gasteiger partial charge in [-0.3, -0.25) is 9.71 Å². The van der Waals surface area contributed by atoms with E-state index >= 15 is 0 Å². The van der Waals surface area contributed by atoms with Crippen molar-refractivity contribution in [3.63, 3.8) is 0 Å². The second-order valence-corrected chi connectivity index (χ2v) is 6.32. The second kappa shape index (κ2) is 5.65. The van der Waals surface area contributed by atoms with Crippen LogP contribution in [0.25, 0.3) is 10.9 Å². The molecule has 0 aliphatic heterocycles. The van der Waals surface area contributed by atoms with Gasteiger partial charge >= 0.3 is 0 Å². The molecule has 0 saturated carbocycles. The van der Waals surface area contributed by atoms with Gasteiger partial charge in [0.25, 0.3) is 10.0 Å². The standard InChI is InChI=1S/C16H14N2O3S/c1-21-15-10-9-14(13-8-5-11-17-16(13)15)18-22(19,20)12-6-3-2-4-7-12/h2-11,18H,1H3. The molecule has 0 bridgehead atoms. The number of nitrogens with one attached hydrogen (secondary N) is 1. The summed E-state index contributed by atoms with van der Waals surface area (Å²) in [7, 11) is -2.09. The molecule has 0 unspecified atom stereocenters. The zero-order valence-corrected chi connectivity index (χ0v) is 12.7. The molecule has 3 rings (SSSR count). The number of anilines is 1. The molecule has 0 saturated heterocycles. The predicted octanol–water partition coefficient (Wildman–Crippen LogP) is 3.04. The van der Waals surface area contributed by atoms with Gasteiger partial charge in [0.2, 0.25) is 0 Å². The molecule has 0 aliphatic carbocycles. The Bertz CT molecular complexity index is 909. The number of hydrogen-bond acceptors (Lipinski definition) is 4. The maximum Gasteiger partial charge on any atom is 0.261 e. The summed E-state index contributed by atoms with van der Waals surface area (Å²) < 4.78 is 32.7. The van der Waals surface area contributed by atoms with Crippen LogP contribution in [0.3, 0.4) is 0 Å². The summed E-state index contributed by atoms with van der Waals surface area (Å²) in [6.45, 7) is 0. The average Bonchev–Trinajstić information content (AvgIpc) is 2.56. The topological polar surface area (TPSA) is 68.3 Å². The van der Waals surface area contributed by atoms with E-state index in [1.807, 2.05) is 0 Å². The molecule has 0 atom stereocenters. The van der Waals surface area contributed by atoms with Gasteiger partial charge in [0, 0.05) is 11.6 Å². The highest BCUT2D eigenvalue weighted by atomic mass is 32.2. The SMILES string of the molecule is COc1ccc(NS(=O)(=O)c2ccccc2)c2cccnc12. The fraction of sp³-hybridized carbons (Fsp3) is 0.0625. The van der Waals surface area contributed by atoms with Crippen LogP contribution in [0.1, 0.15) is 0 Å². The first-order valence-electron chi connectivity index (χ1n) is 6.61. The van der Waals surface area contributed by atoms with Gasteiger partial charge in [-0.25, -0.2) is 8.42 Å². The van der Waals surface area contributed by atoms with Gasteiger partial charge in [-0.1, -0.05) is 18.2 Å². The van der Waals surface area contributed by atoms with Crippen molar-refractivity contribution < 1.29 is 13.2 Å². The summed E-state index contributed by atoms with van der Waals surface area (Å²) in [6.07, 6.45) is 1.64. The largest absolute Gasteiger partial charge is 0.494 e. The van der Waals surface area contributed by atoms with Crippen LogP contribution in [-0.2, 0) is 10.0 Å². The highest BCUT2D eigenvalue weighted by Gasteiger charge is 2.16. The molecule has 0 spiro atoms. The molecule has 0 radical (unpaired) electrons. The van der Waals surface area contributed by atoms with E-state index in [9.17, 15) is 8.42 Å². The maximum atomic E-state index is 12.4. The molecule has 1 aromatic heterocycles. The summed E-state index contributed by atoms with van der Waals surface area (Å²) in [4.78, 5) is 4.47. The molecule has 6 heteroatoms.